The van der Waals surface area contributed by atoms with E-state index in [4.69, 9.17) is 0 Å². The standard InChI is InChI=1S/C14H12F3N3O2S/c15-14(16,17)11-1-2-12(21)20(18-11)8-13(22)19-5-3-10-9(7-19)4-6-23-10/h1-2,4,6H,3,5,7-8H2. The van der Waals surface area contributed by atoms with Crippen molar-refractivity contribution in [1.82, 2.24) is 14.7 Å². The molecule has 0 atom stereocenters. The van der Waals surface area contributed by atoms with Crippen molar-refractivity contribution in [1.29, 1.82) is 0 Å². The number of alkyl halides is 3. The molecule has 0 aliphatic carbocycles. The summed E-state index contributed by atoms with van der Waals surface area (Å²) < 4.78 is 38.5. The lowest BCUT2D eigenvalue weighted by molar-refractivity contribution is -0.143. The Morgan fingerprint density at radius 3 is 2.83 bits per heavy atom. The summed E-state index contributed by atoms with van der Waals surface area (Å²) in [6.07, 6.45) is -3.95. The Morgan fingerprint density at radius 1 is 1.30 bits per heavy atom. The third-order valence-electron chi connectivity index (χ3n) is 3.60. The van der Waals surface area contributed by atoms with Crippen LogP contribution in [0.3, 0.4) is 0 Å². The van der Waals surface area contributed by atoms with Gasteiger partial charge in [-0.05, 0) is 29.5 Å². The van der Waals surface area contributed by atoms with Crippen LogP contribution in [0.5, 0.6) is 0 Å². The van der Waals surface area contributed by atoms with Gasteiger partial charge in [0.05, 0.1) is 0 Å². The van der Waals surface area contributed by atoms with Crippen molar-refractivity contribution >= 4 is 17.2 Å². The summed E-state index contributed by atoms with van der Waals surface area (Å²) in [5.74, 6) is -0.421. The van der Waals surface area contributed by atoms with Crippen LogP contribution in [0.15, 0.2) is 28.4 Å². The second-order valence-corrected chi connectivity index (χ2v) is 6.15. The Balaban J connectivity index is 1.77. The molecule has 2 aromatic rings. The van der Waals surface area contributed by atoms with Gasteiger partial charge in [0.2, 0.25) is 5.91 Å². The molecule has 0 bridgehead atoms. The van der Waals surface area contributed by atoms with Crippen LogP contribution in [0.1, 0.15) is 16.1 Å². The first-order chi connectivity index (χ1) is 10.8. The molecule has 3 rings (SSSR count). The molecule has 1 aliphatic rings. The number of fused-ring (bicyclic) bond motifs is 1. The zero-order valence-corrected chi connectivity index (χ0v) is 12.7. The summed E-state index contributed by atoms with van der Waals surface area (Å²) in [4.78, 5) is 26.6. The Labute approximate surface area is 133 Å². The lowest BCUT2D eigenvalue weighted by Crippen LogP contribution is -2.40. The summed E-state index contributed by atoms with van der Waals surface area (Å²) in [5, 5.41) is 5.19. The number of halogens is 3. The molecule has 0 spiro atoms. The second kappa shape index (κ2) is 5.80. The Morgan fingerprint density at radius 2 is 2.09 bits per heavy atom. The number of nitrogens with zero attached hydrogens (tertiary/aromatic N) is 3. The van der Waals surface area contributed by atoms with Gasteiger partial charge in [-0.3, -0.25) is 9.59 Å². The molecule has 23 heavy (non-hydrogen) atoms. The zero-order chi connectivity index (χ0) is 16.6. The van der Waals surface area contributed by atoms with E-state index < -0.39 is 29.9 Å². The molecular weight excluding hydrogens is 331 g/mol. The maximum Gasteiger partial charge on any atom is 0.435 e. The van der Waals surface area contributed by atoms with Crippen LogP contribution >= 0.6 is 11.3 Å². The van der Waals surface area contributed by atoms with E-state index in [-0.39, 0.29) is 0 Å². The number of rotatable bonds is 2. The normalized spacial score (nSPS) is 14.7. The first-order valence-corrected chi connectivity index (χ1v) is 7.71. The van der Waals surface area contributed by atoms with Gasteiger partial charge in [0.25, 0.3) is 5.56 Å². The molecule has 5 nitrogen and oxygen atoms in total. The molecular formula is C14H12F3N3O2S. The molecule has 3 heterocycles. The lowest BCUT2D eigenvalue weighted by atomic mass is 10.1. The fraction of sp³-hybridized carbons (Fsp3) is 0.357. The van der Waals surface area contributed by atoms with Crippen LogP contribution in [0, 0.1) is 0 Å². The maximum atomic E-state index is 12.6. The fourth-order valence-electron chi connectivity index (χ4n) is 2.40. The second-order valence-electron chi connectivity index (χ2n) is 5.15. The first-order valence-electron chi connectivity index (χ1n) is 6.83. The van der Waals surface area contributed by atoms with Crippen molar-refractivity contribution < 1.29 is 18.0 Å². The van der Waals surface area contributed by atoms with Crippen LogP contribution < -0.4 is 5.56 Å². The molecule has 0 saturated heterocycles. The molecule has 0 saturated carbocycles. The minimum atomic E-state index is -4.66. The minimum Gasteiger partial charge on any atom is -0.336 e. The highest BCUT2D eigenvalue weighted by atomic mass is 32.1. The van der Waals surface area contributed by atoms with Crippen LogP contribution in [0.2, 0.25) is 0 Å². The maximum absolute atomic E-state index is 12.6. The molecule has 122 valence electrons. The number of hydrogen-bond donors (Lipinski definition) is 0. The number of aromatic nitrogens is 2. The van der Waals surface area contributed by atoms with Crippen molar-refractivity contribution in [3.8, 4) is 0 Å². The van der Waals surface area contributed by atoms with Crippen molar-refractivity contribution in [2.75, 3.05) is 6.54 Å². The first kappa shape index (κ1) is 15.7. The van der Waals surface area contributed by atoms with Gasteiger partial charge in [-0.2, -0.15) is 18.3 Å². The molecule has 0 aromatic carbocycles. The highest BCUT2D eigenvalue weighted by molar-refractivity contribution is 7.10. The number of thiophene rings is 1. The summed E-state index contributed by atoms with van der Waals surface area (Å²) in [7, 11) is 0. The summed E-state index contributed by atoms with van der Waals surface area (Å²) >= 11 is 1.62. The zero-order valence-electron chi connectivity index (χ0n) is 11.8. The van der Waals surface area contributed by atoms with Gasteiger partial charge >= 0.3 is 6.18 Å². The van der Waals surface area contributed by atoms with E-state index in [9.17, 15) is 22.8 Å². The average molecular weight is 343 g/mol. The van der Waals surface area contributed by atoms with Gasteiger partial charge in [-0.15, -0.1) is 11.3 Å². The number of amides is 1. The third-order valence-corrected chi connectivity index (χ3v) is 4.63. The van der Waals surface area contributed by atoms with Crippen molar-refractivity contribution in [2.45, 2.75) is 25.7 Å². The van der Waals surface area contributed by atoms with Gasteiger partial charge in [-0.1, -0.05) is 0 Å². The van der Waals surface area contributed by atoms with E-state index in [0.717, 1.165) is 11.6 Å². The fourth-order valence-corrected chi connectivity index (χ4v) is 3.29. The highest BCUT2D eigenvalue weighted by Crippen LogP contribution is 2.26. The van der Waals surface area contributed by atoms with Gasteiger partial charge in [0.15, 0.2) is 5.69 Å². The Kier molecular flexibility index (Phi) is 3.97. The Hall–Kier alpha value is -2.16. The van der Waals surface area contributed by atoms with E-state index >= 15 is 0 Å². The summed E-state index contributed by atoms with van der Waals surface area (Å²) in [6.45, 7) is 0.396. The largest absolute Gasteiger partial charge is 0.435 e. The predicted octanol–water partition coefficient (Wildman–Crippen LogP) is 1.91. The van der Waals surface area contributed by atoms with Gasteiger partial charge in [-0.25, -0.2) is 4.68 Å². The molecule has 1 amide bonds. The summed E-state index contributed by atoms with van der Waals surface area (Å²) in [6, 6.07) is 3.31. The van der Waals surface area contributed by atoms with E-state index in [1.807, 2.05) is 11.4 Å². The summed E-state index contributed by atoms with van der Waals surface area (Å²) in [5.41, 5.74) is -0.887. The lowest BCUT2D eigenvalue weighted by Gasteiger charge is -2.27. The molecule has 0 N–H and O–H groups in total. The topological polar surface area (TPSA) is 55.2 Å². The van der Waals surface area contributed by atoms with E-state index in [0.29, 0.717) is 30.3 Å². The monoisotopic (exact) mass is 343 g/mol. The smallest absolute Gasteiger partial charge is 0.336 e. The SMILES string of the molecule is O=C(Cn1nc(C(F)(F)F)ccc1=O)N1CCc2sccc2C1. The van der Waals surface area contributed by atoms with Crippen LogP contribution in [-0.2, 0) is 30.5 Å². The van der Waals surface area contributed by atoms with Gasteiger partial charge in [0, 0.05) is 24.0 Å². The molecule has 0 fully saturated rings. The van der Waals surface area contributed by atoms with Crippen molar-refractivity contribution in [2.24, 2.45) is 0 Å². The van der Waals surface area contributed by atoms with E-state index in [1.165, 1.54) is 9.78 Å². The number of hydrogen-bond acceptors (Lipinski definition) is 4. The number of carbonyl (C=O) groups is 1. The van der Waals surface area contributed by atoms with Gasteiger partial charge < -0.3 is 4.90 Å². The molecule has 0 radical (unpaired) electrons. The molecule has 1 aliphatic heterocycles. The van der Waals surface area contributed by atoms with E-state index in [2.05, 4.69) is 5.10 Å². The van der Waals surface area contributed by atoms with Crippen molar-refractivity contribution in [3.63, 3.8) is 0 Å². The average Bonchev–Trinajstić information content (AvgIpc) is 2.95. The minimum absolute atomic E-state index is 0.408. The highest BCUT2D eigenvalue weighted by Gasteiger charge is 2.33. The third kappa shape index (κ3) is 3.29. The predicted molar refractivity (Wildman–Crippen MR) is 76.9 cm³/mol. The quantitative estimate of drug-likeness (QED) is 0.837. The Bertz CT molecular complexity index is 797. The van der Waals surface area contributed by atoms with Crippen LogP contribution in [-0.4, -0.2) is 27.1 Å². The number of carbonyl (C=O) groups excluding carboxylic acids is 1. The molecule has 2 aromatic heterocycles. The molecule has 9 heteroatoms. The van der Waals surface area contributed by atoms with Crippen LogP contribution in [0.25, 0.3) is 0 Å². The van der Waals surface area contributed by atoms with E-state index in [1.54, 1.807) is 11.3 Å². The molecule has 0 unspecified atom stereocenters. The van der Waals surface area contributed by atoms with Gasteiger partial charge in [0.1, 0.15) is 6.54 Å². The van der Waals surface area contributed by atoms with Crippen molar-refractivity contribution in [3.05, 3.63) is 50.1 Å². The van der Waals surface area contributed by atoms with Crippen LogP contribution in [0.4, 0.5) is 13.2 Å².